The van der Waals surface area contributed by atoms with E-state index in [0.29, 0.717) is 18.5 Å². The van der Waals surface area contributed by atoms with Crippen LogP contribution in [0.5, 0.6) is 0 Å². The molecule has 4 nitrogen and oxygen atoms in total. The van der Waals surface area contributed by atoms with Crippen molar-refractivity contribution in [3.8, 4) is 5.69 Å². The fraction of sp³-hybridized carbons (Fsp3) is 0.375. The van der Waals surface area contributed by atoms with Gasteiger partial charge in [0.05, 0.1) is 5.69 Å². The largest absolute Gasteiger partial charge is 0.408 e. The predicted octanol–water partition coefficient (Wildman–Crippen LogP) is 3.43. The Kier molecular flexibility index (Phi) is 4.11. The minimum Gasteiger partial charge on any atom is -0.327 e. The number of amides is 1. The molecule has 1 aromatic heterocycles. The molecule has 1 aliphatic rings. The van der Waals surface area contributed by atoms with Crippen LogP contribution in [0.25, 0.3) is 5.69 Å². The molecular weight excluding hydrogens is 307 g/mol. The van der Waals surface area contributed by atoms with Gasteiger partial charge in [0.2, 0.25) is 0 Å². The van der Waals surface area contributed by atoms with Crippen molar-refractivity contribution >= 4 is 5.91 Å². The van der Waals surface area contributed by atoms with Gasteiger partial charge in [0.15, 0.2) is 0 Å². The molecule has 1 unspecified atom stereocenters. The van der Waals surface area contributed by atoms with Crippen molar-refractivity contribution in [3.05, 3.63) is 48.3 Å². The quantitative estimate of drug-likeness (QED) is 0.849. The van der Waals surface area contributed by atoms with Crippen LogP contribution in [-0.2, 0) is 0 Å². The molecule has 0 bridgehead atoms. The van der Waals surface area contributed by atoms with E-state index in [1.54, 1.807) is 41.3 Å². The lowest BCUT2D eigenvalue weighted by atomic mass is 10.00. The molecule has 1 aliphatic heterocycles. The molecule has 1 saturated heterocycles. The number of likely N-dealkylation sites (tertiary alicyclic amines) is 1. The third-order valence-corrected chi connectivity index (χ3v) is 4.00. The van der Waals surface area contributed by atoms with Gasteiger partial charge in [-0.25, -0.2) is 4.68 Å². The lowest BCUT2D eigenvalue weighted by Crippen LogP contribution is -2.51. The van der Waals surface area contributed by atoms with E-state index in [4.69, 9.17) is 0 Å². The van der Waals surface area contributed by atoms with Crippen molar-refractivity contribution in [3.63, 3.8) is 0 Å². The SMILES string of the molecule is O=C(c1cccc(-n2cccn2)c1)N1CCCCC1C(F)(F)F. The van der Waals surface area contributed by atoms with Crippen LogP contribution in [0.4, 0.5) is 13.2 Å². The molecule has 0 aliphatic carbocycles. The summed E-state index contributed by atoms with van der Waals surface area (Å²) in [6.07, 6.45) is -0.0377. The summed E-state index contributed by atoms with van der Waals surface area (Å²) < 4.78 is 41.0. The van der Waals surface area contributed by atoms with E-state index in [2.05, 4.69) is 5.10 Å². The highest BCUT2D eigenvalue weighted by atomic mass is 19.4. The van der Waals surface area contributed by atoms with Gasteiger partial charge in [0.25, 0.3) is 5.91 Å². The smallest absolute Gasteiger partial charge is 0.327 e. The Morgan fingerprint density at radius 1 is 1.22 bits per heavy atom. The Hall–Kier alpha value is -2.31. The van der Waals surface area contributed by atoms with Gasteiger partial charge < -0.3 is 4.90 Å². The molecule has 1 amide bonds. The van der Waals surface area contributed by atoms with Crippen molar-refractivity contribution in [2.24, 2.45) is 0 Å². The molecule has 2 aromatic rings. The molecule has 0 saturated carbocycles. The van der Waals surface area contributed by atoms with E-state index in [1.807, 2.05) is 0 Å². The molecule has 122 valence electrons. The number of nitrogens with zero attached hydrogens (tertiary/aromatic N) is 3. The lowest BCUT2D eigenvalue weighted by molar-refractivity contribution is -0.183. The Bertz CT molecular complexity index is 682. The van der Waals surface area contributed by atoms with E-state index in [1.165, 1.54) is 6.07 Å². The molecular formula is C16H16F3N3O. The van der Waals surface area contributed by atoms with Crippen LogP contribution < -0.4 is 0 Å². The number of aromatic nitrogens is 2. The number of carbonyl (C=O) groups is 1. The first-order valence-corrected chi connectivity index (χ1v) is 7.44. The maximum Gasteiger partial charge on any atom is 0.408 e. The number of carbonyl (C=O) groups excluding carboxylic acids is 1. The van der Waals surface area contributed by atoms with Gasteiger partial charge in [-0.1, -0.05) is 6.07 Å². The van der Waals surface area contributed by atoms with Crippen LogP contribution in [0.15, 0.2) is 42.7 Å². The van der Waals surface area contributed by atoms with Crippen LogP contribution in [0.2, 0.25) is 0 Å². The van der Waals surface area contributed by atoms with Gasteiger partial charge in [-0.2, -0.15) is 18.3 Å². The molecule has 3 rings (SSSR count). The lowest BCUT2D eigenvalue weighted by Gasteiger charge is -2.36. The number of piperidine rings is 1. The zero-order chi connectivity index (χ0) is 16.4. The number of hydrogen-bond donors (Lipinski definition) is 0. The molecule has 23 heavy (non-hydrogen) atoms. The number of alkyl halides is 3. The van der Waals surface area contributed by atoms with E-state index < -0.39 is 18.1 Å². The Labute approximate surface area is 131 Å². The molecule has 1 atom stereocenters. The van der Waals surface area contributed by atoms with Gasteiger partial charge in [0, 0.05) is 24.5 Å². The van der Waals surface area contributed by atoms with Crippen LogP contribution in [0.3, 0.4) is 0 Å². The summed E-state index contributed by atoms with van der Waals surface area (Å²) in [6.45, 7) is 0.134. The molecule has 0 N–H and O–H groups in total. The summed E-state index contributed by atoms with van der Waals surface area (Å²) in [7, 11) is 0. The molecule has 2 heterocycles. The highest BCUT2D eigenvalue weighted by molar-refractivity contribution is 5.95. The maximum atomic E-state index is 13.2. The first kappa shape index (κ1) is 15.6. The second-order valence-corrected chi connectivity index (χ2v) is 5.55. The monoisotopic (exact) mass is 323 g/mol. The van der Waals surface area contributed by atoms with E-state index in [0.717, 1.165) is 4.90 Å². The fourth-order valence-electron chi connectivity index (χ4n) is 2.88. The Morgan fingerprint density at radius 2 is 2.04 bits per heavy atom. The van der Waals surface area contributed by atoms with Crippen molar-refractivity contribution < 1.29 is 18.0 Å². The first-order valence-electron chi connectivity index (χ1n) is 7.44. The summed E-state index contributed by atoms with van der Waals surface area (Å²) in [4.78, 5) is 13.5. The number of hydrogen-bond acceptors (Lipinski definition) is 2. The topological polar surface area (TPSA) is 38.1 Å². The van der Waals surface area contributed by atoms with Gasteiger partial charge in [-0.15, -0.1) is 0 Å². The van der Waals surface area contributed by atoms with Crippen molar-refractivity contribution in [1.29, 1.82) is 0 Å². The zero-order valence-electron chi connectivity index (χ0n) is 12.3. The maximum absolute atomic E-state index is 13.2. The minimum atomic E-state index is -4.39. The predicted molar refractivity (Wildman–Crippen MR) is 78.3 cm³/mol. The van der Waals surface area contributed by atoms with Gasteiger partial charge >= 0.3 is 6.18 Å². The summed E-state index contributed by atoms with van der Waals surface area (Å²) in [5.41, 5.74) is 0.885. The second kappa shape index (κ2) is 6.06. The molecule has 1 fully saturated rings. The van der Waals surface area contributed by atoms with Crippen molar-refractivity contribution in [1.82, 2.24) is 14.7 Å². The Morgan fingerprint density at radius 3 is 2.74 bits per heavy atom. The summed E-state index contributed by atoms with van der Waals surface area (Å²) in [6, 6.07) is 6.54. The van der Waals surface area contributed by atoms with Crippen LogP contribution in [-0.4, -0.2) is 39.4 Å². The number of halogens is 3. The third-order valence-electron chi connectivity index (χ3n) is 4.00. The normalized spacial score (nSPS) is 18.9. The van der Waals surface area contributed by atoms with Gasteiger partial charge in [-0.05, 0) is 43.5 Å². The second-order valence-electron chi connectivity index (χ2n) is 5.55. The molecule has 1 aromatic carbocycles. The van der Waals surface area contributed by atoms with E-state index in [-0.39, 0.29) is 18.5 Å². The molecule has 0 radical (unpaired) electrons. The van der Waals surface area contributed by atoms with Crippen molar-refractivity contribution in [2.75, 3.05) is 6.54 Å². The van der Waals surface area contributed by atoms with Crippen LogP contribution >= 0.6 is 0 Å². The van der Waals surface area contributed by atoms with Crippen molar-refractivity contribution in [2.45, 2.75) is 31.5 Å². The number of rotatable bonds is 2. The molecule has 7 heteroatoms. The highest BCUT2D eigenvalue weighted by Crippen LogP contribution is 2.32. The van der Waals surface area contributed by atoms with E-state index in [9.17, 15) is 18.0 Å². The summed E-state index contributed by atoms with van der Waals surface area (Å²) in [5, 5.41) is 4.07. The summed E-state index contributed by atoms with van der Waals surface area (Å²) in [5.74, 6) is -0.582. The van der Waals surface area contributed by atoms with E-state index >= 15 is 0 Å². The average Bonchev–Trinajstić information content (AvgIpc) is 3.08. The van der Waals surface area contributed by atoms with Gasteiger partial charge in [0.1, 0.15) is 6.04 Å². The fourth-order valence-corrected chi connectivity index (χ4v) is 2.88. The molecule has 0 spiro atoms. The highest BCUT2D eigenvalue weighted by Gasteiger charge is 2.46. The van der Waals surface area contributed by atoms with Gasteiger partial charge in [-0.3, -0.25) is 4.79 Å². The minimum absolute atomic E-state index is 0.0336. The zero-order valence-corrected chi connectivity index (χ0v) is 12.3. The average molecular weight is 323 g/mol. The standard InChI is InChI=1S/C16H16F3N3O/c17-16(18,19)14-7-1-2-9-21(14)15(23)12-5-3-6-13(11-12)22-10-4-8-20-22/h3-6,8,10-11,14H,1-2,7,9H2. The third kappa shape index (κ3) is 3.23. The Balaban J connectivity index is 1.89. The van der Waals surface area contributed by atoms with Crippen LogP contribution in [0.1, 0.15) is 29.6 Å². The summed E-state index contributed by atoms with van der Waals surface area (Å²) >= 11 is 0. The number of benzene rings is 1. The van der Waals surface area contributed by atoms with Crippen LogP contribution in [0, 0.1) is 0 Å². The first-order chi connectivity index (χ1) is 11.0.